The molecule has 0 unspecified atom stereocenters. The summed E-state index contributed by atoms with van der Waals surface area (Å²) in [4.78, 5) is 32.8. The average Bonchev–Trinajstić information content (AvgIpc) is 2.83. The van der Waals surface area contributed by atoms with Gasteiger partial charge in [0.05, 0.1) is 22.8 Å². The van der Waals surface area contributed by atoms with Crippen LogP contribution in [0.25, 0.3) is 21.8 Å². The van der Waals surface area contributed by atoms with Crippen LogP contribution in [0.3, 0.4) is 0 Å². The van der Waals surface area contributed by atoms with Gasteiger partial charge in [-0.3, -0.25) is 9.78 Å². The number of carboxylic acids is 1. The van der Waals surface area contributed by atoms with Crippen LogP contribution in [0.5, 0.6) is 0 Å². The Labute approximate surface area is 197 Å². The van der Waals surface area contributed by atoms with Gasteiger partial charge in [0, 0.05) is 50.5 Å². The SMILES string of the molecule is Cn1cc(C(=O)O)c(=O)c2c3cc(N4CCN(c5ccc(F)cc5)CC4)c(Cl)c(F)c3ncc21. The number of benzene rings is 2. The molecule has 0 aliphatic carbocycles. The molecule has 34 heavy (non-hydrogen) atoms. The van der Waals surface area contributed by atoms with Gasteiger partial charge in [0.25, 0.3) is 0 Å². The lowest BCUT2D eigenvalue weighted by Gasteiger charge is -2.37. The Kier molecular flexibility index (Phi) is 5.36. The number of hydrogen-bond acceptors (Lipinski definition) is 5. The zero-order valence-corrected chi connectivity index (χ0v) is 18.8. The number of piperazine rings is 1. The number of hydrogen-bond donors (Lipinski definition) is 1. The van der Waals surface area contributed by atoms with Crippen molar-refractivity contribution in [1.29, 1.82) is 0 Å². The van der Waals surface area contributed by atoms with Crippen molar-refractivity contribution < 1.29 is 18.7 Å². The molecule has 0 radical (unpaired) electrons. The van der Waals surface area contributed by atoms with Crippen molar-refractivity contribution in [2.75, 3.05) is 36.0 Å². The van der Waals surface area contributed by atoms with Crippen LogP contribution in [0.4, 0.5) is 20.2 Å². The van der Waals surface area contributed by atoms with Crippen molar-refractivity contribution in [3.8, 4) is 0 Å². The second-order valence-electron chi connectivity index (χ2n) is 8.18. The lowest BCUT2D eigenvalue weighted by Crippen LogP contribution is -2.46. The number of carboxylic acid groups (broad SMARTS) is 1. The highest BCUT2D eigenvalue weighted by Gasteiger charge is 2.25. The first-order valence-electron chi connectivity index (χ1n) is 10.5. The summed E-state index contributed by atoms with van der Waals surface area (Å²) in [5.74, 6) is -2.43. The number of carbonyl (C=O) groups is 1. The molecule has 174 valence electrons. The van der Waals surface area contributed by atoms with Crippen molar-refractivity contribution in [2.45, 2.75) is 0 Å². The van der Waals surface area contributed by atoms with E-state index in [2.05, 4.69) is 9.88 Å². The summed E-state index contributed by atoms with van der Waals surface area (Å²) in [6.07, 6.45) is 2.56. The maximum atomic E-state index is 15.3. The van der Waals surface area contributed by atoms with Crippen molar-refractivity contribution >= 4 is 50.8 Å². The van der Waals surface area contributed by atoms with Gasteiger partial charge >= 0.3 is 5.97 Å². The van der Waals surface area contributed by atoms with E-state index in [0.717, 1.165) is 5.69 Å². The van der Waals surface area contributed by atoms with E-state index in [9.17, 15) is 19.1 Å². The van der Waals surface area contributed by atoms with Gasteiger partial charge in [-0.1, -0.05) is 11.6 Å². The van der Waals surface area contributed by atoms with Crippen LogP contribution in [0.1, 0.15) is 10.4 Å². The number of aromatic nitrogens is 2. The minimum atomic E-state index is -1.36. The Bertz CT molecular complexity index is 1510. The first-order valence-corrected chi connectivity index (χ1v) is 10.9. The Hall–Kier alpha value is -3.72. The maximum Gasteiger partial charge on any atom is 0.341 e. The Balaban J connectivity index is 1.60. The largest absolute Gasteiger partial charge is 0.477 e. The van der Waals surface area contributed by atoms with Gasteiger partial charge in [-0.25, -0.2) is 13.6 Å². The van der Waals surface area contributed by atoms with Crippen molar-refractivity contribution in [2.24, 2.45) is 7.05 Å². The molecule has 1 saturated heterocycles. The maximum absolute atomic E-state index is 15.3. The summed E-state index contributed by atoms with van der Waals surface area (Å²) in [5, 5.41) is 9.63. The molecule has 0 spiro atoms. The first-order chi connectivity index (χ1) is 16.3. The van der Waals surface area contributed by atoms with Gasteiger partial charge in [-0.2, -0.15) is 0 Å². The van der Waals surface area contributed by atoms with Gasteiger partial charge in [-0.15, -0.1) is 0 Å². The smallest absolute Gasteiger partial charge is 0.341 e. The van der Waals surface area contributed by atoms with Crippen LogP contribution in [-0.4, -0.2) is 46.8 Å². The molecular weight excluding hydrogens is 466 g/mol. The van der Waals surface area contributed by atoms with E-state index in [1.54, 1.807) is 25.2 Å². The van der Waals surface area contributed by atoms with Gasteiger partial charge in [-0.05, 0) is 30.3 Å². The first kappa shape index (κ1) is 22.1. The fourth-order valence-electron chi connectivity index (χ4n) is 4.45. The van der Waals surface area contributed by atoms with Gasteiger partial charge in [0.15, 0.2) is 5.82 Å². The molecule has 0 atom stereocenters. The predicted octanol–water partition coefficient (Wildman–Crippen LogP) is 4.04. The molecule has 7 nitrogen and oxygen atoms in total. The molecule has 1 fully saturated rings. The van der Waals surface area contributed by atoms with Crippen molar-refractivity contribution in [3.63, 3.8) is 0 Å². The summed E-state index contributed by atoms with van der Waals surface area (Å²) in [5.41, 5.74) is 0.468. The van der Waals surface area contributed by atoms with E-state index in [1.807, 2.05) is 4.90 Å². The van der Waals surface area contributed by atoms with Crippen molar-refractivity contribution in [1.82, 2.24) is 9.55 Å². The summed E-state index contributed by atoms with van der Waals surface area (Å²) in [6, 6.07) is 7.84. The number of fused-ring (bicyclic) bond motifs is 3. The van der Waals surface area contributed by atoms with Crippen molar-refractivity contribution in [3.05, 3.63) is 75.2 Å². The molecule has 0 amide bonds. The van der Waals surface area contributed by atoms with E-state index in [-0.39, 0.29) is 27.1 Å². The average molecular weight is 485 g/mol. The molecule has 0 bridgehead atoms. The fraction of sp³-hybridized carbons (Fsp3) is 0.208. The van der Waals surface area contributed by atoms with E-state index < -0.39 is 22.8 Å². The Morgan fingerprint density at radius 1 is 1.09 bits per heavy atom. The molecule has 0 saturated carbocycles. The third kappa shape index (κ3) is 3.52. The molecule has 4 aromatic rings. The third-order valence-corrected chi connectivity index (χ3v) is 6.58. The van der Waals surface area contributed by atoms with E-state index in [1.165, 1.54) is 29.1 Å². The monoisotopic (exact) mass is 484 g/mol. The number of pyridine rings is 2. The molecule has 5 rings (SSSR count). The molecule has 2 aromatic heterocycles. The number of nitrogens with zero attached hydrogens (tertiary/aromatic N) is 4. The van der Waals surface area contributed by atoms with Gasteiger partial charge in [0.1, 0.15) is 21.9 Å². The molecule has 1 aliphatic rings. The molecule has 3 heterocycles. The lowest BCUT2D eigenvalue weighted by atomic mass is 10.0. The normalized spacial score (nSPS) is 14.2. The second-order valence-corrected chi connectivity index (χ2v) is 8.55. The van der Waals surface area contributed by atoms with Crippen LogP contribution in [0.15, 0.2) is 47.5 Å². The highest BCUT2D eigenvalue weighted by Crippen LogP contribution is 2.36. The molecule has 1 aliphatic heterocycles. The minimum Gasteiger partial charge on any atom is -0.477 e. The number of anilines is 2. The molecular formula is C24H19ClF2N4O3. The quantitative estimate of drug-likeness (QED) is 0.442. The van der Waals surface area contributed by atoms with Crippen LogP contribution in [-0.2, 0) is 7.05 Å². The standard InChI is InChI=1S/C24H19ClF2N4O3/c1-29-12-16(24(33)34)23(32)19-15-10-17(20(25)21(27)22(15)28-11-18(19)29)31-8-6-30(7-9-31)14-4-2-13(26)3-5-14/h2-5,10-12H,6-9H2,1H3,(H,33,34). The molecule has 2 aromatic carbocycles. The second kappa shape index (κ2) is 8.25. The number of aryl methyl sites for hydroxylation is 1. The number of halogens is 3. The highest BCUT2D eigenvalue weighted by atomic mass is 35.5. The number of rotatable bonds is 3. The van der Waals surface area contributed by atoms with E-state index in [0.29, 0.717) is 37.4 Å². The Morgan fingerprint density at radius 3 is 2.38 bits per heavy atom. The number of aromatic carboxylic acids is 1. The van der Waals surface area contributed by atoms with Crippen LogP contribution in [0.2, 0.25) is 5.02 Å². The zero-order valence-electron chi connectivity index (χ0n) is 18.1. The summed E-state index contributed by atoms with van der Waals surface area (Å²) < 4.78 is 30.0. The van der Waals surface area contributed by atoms with Gasteiger partial charge in [0.2, 0.25) is 5.43 Å². The summed E-state index contributed by atoms with van der Waals surface area (Å²) in [6.45, 7) is 2.22. The Morgan fingerprint density at radius 2 is 1.74 bits per heavy atom. The van der Waals surface area contributed by atoms with Crippen LogP contribution < -0.4 is 15.2 Å². The van der Waals surface area contributed by atoms with E-state index in [4.69, 9.17) is 11.6 Å². The van der Waals surface area contributed by atoms with Crippen LogP contribution in [0, 0.1) is 11.6 Å². The fourth-order valence-corrected chi connectivity index (χ4v) is 4.71. The van der Waals surface area contributed by atoms with Gasteiger partial charge < -0.3 is 19.5 Å². The lowest BCUT2D eigenvalue weighted by molar-refractivity contribution is 0.0695. The topological polar surface area (TPSA) is 78.7 Å². The minimum absolute atomic E-state index is 0.0779. The van der Waals surface area contributed by atoms with E-state index >= 15 is 4.39 Å². The third-order valence-electron chi connectivity index (χ3n) is 6.22. The summed E-state index contributed by atoms with van der Waals surface area (Å²) in [7, 11) is 1.60. The predicted molar refractivity (Wildman–Crippen MR) is 127 cm³/mol. The summed E-state index contributed by atoms with van der Waals surface area (Å²) >= 11 is 6.39. The van der Waals surface area contributed by atoms with Crippen LogP contribution >= 0.6 is 11.6 Å². The zero-order chi connectivity index (χ0) is 24.1. The molecule has 10 heteroatoms. The highest BCUT2D eigenvalue weighted by molar-refractivity contribution is 6.34. The molecule has 1 N–H and O–H groups in total.